The second kappa shape index (κ2) is 12.5. The minimum Gasteiger partial charge on any atom is -0.309 e. The number of rotatable bonds is 5. The van der Waals surface area contributed by atoms with Gasteiger partial charge in [-0.05, 0) is 66.7 Å². The van der Waals surface area contributed by atoms with Crippen molar-refractivity contribution < 1.29 is 0 Å². The molecule has 10 rings (SSSR count). The monoisotopic (exact) mass is 688 g/mol. The summed E-state index contributed by atoms with van der Waals surface area (Å²) in [5.74, 6) is 0.536. The maximum atomic E-state index is 10.2. The normalized spacial score (nSPS) is 11.3. The lowest BCUT2D eigenvalue weighted by molar-refractivity contribution is 1.14. The molecule has 0 N–H and O–H groups in total. The Morgan fingerprint density at radius 2 is 0.759 bits per heavy atom. The van der Waals surface area contributed by atoms with Crippen LogP contribution in [0.2, 0.25) is 0 Å². The van der Waals surface area contributed by atoms with Gasteiger partial charge in [0.25, 0.3) is 0 Å². The molecule has 0 radical (unpaired) electrons. The van der Waals surface area contributed by atoms with Crippen LogP contribution < -0.4 is 0 Å². The molecule has 3 aromatic heterocycles. The first-order valence-electron chi connectivity index (χ1n) is 17.7. The number of hydrogen-bond acceptors (Lipinski definition) is 4. The first kappa shape index (κ1) is 31.0. The fourth-order valence-corrected chi connectivity index (χ4v) is 7.82. The van der Waals surface area contributed by atoms with E-state index in [4.69, 9.17) is 9.97 Å². The van der Waals surface area contributed by atoms with Crippen molar-refractivity contribution >= 4 is 43.6 Å². The molecule has 0 saturated carbocycles. The lowest BCUT2D eigenvalue weighted by atomic mass is 10.0. The lowest BCUT2D eigenvalue weighted by Crippen LogP contribution is -2.03. The third kappa shape index (κ3) is 4.87. The Hall–Kier alpha value is -7.80. The zero-order valence-corrected chi connectivity index (χ0v) is 28.8. The van der Waals surface area contributed by atoms with Gasteiger partial charge >= 0.3 is 0 Å². The summed E-state index contributed by atoms with van der Waals surface area (Å²) in [5.41, 5.74) is 10.8. The van der Waals surface area contributed by atoms with Gasteiger partial charge in [0.1, 0.15) is 0 Å². The minimum absolute atomic E-state index is 0.522. The quantitative estimate of drug-likeness (QED) is 0.180. The molecule has 0 aliphatic heterocycles. The summed E-state index contributed by atoms with van der Waals surface area (Å²) in [6.45, 7) is 0. The van der Waals surface area contributed by atoms with Crippen molar-refractivity contribution in [3.8, 4) is 57.4 Å². The zero-order valence-electron chi connectivity index (χ0n) is 28.8. The number of fused-ring (bicyclic) bond motifs is 6. The van der Waals surface area contributed by atoms with Crippen LogP contribution in [0.1, 0.15) is 11.1 Å². The molecule has 0 amide bonds. The number of hydrogen-bond donors (Lipinski definition) is 0. The van der Waals surface area contributed by atoms with Crippen molar-refractivity contribution in [1.29, 1.82) is 10.5 Å². The molecule has 0 unspecified atom stereocenters. The average molecular weight is 689 g/mol. The Kier molecular flexibility index (Phi) is 7.15. The summed E-state index contributed by atoms with van der Waals surface area (Å²) in [7, 11) is 0. The summed E-state index contributed by atoms with van der Waals surface area (Å²) in [6.07, 6.45) is 0. The van der Waals surface area contributed by atoms with Crippen LogP contribution in [-0.2, 0) is 0 Å². The highest BCUT2D eigenvalue weighted by Gasteiger charge is 2.21. The third-order valence-electron chi connectivity index (χ3n) is 10.2. The van der Waals surface area contributed by atoms with Crippen molar-refractivity contribution in [2.75, 3.05) is 0 Å². The Bertz CT molecular complexity index is 2890. The van der Waals surface area contributed by atoms with Crippen LogP contribution in [0.3, 0.4) is 0 Å². The molecule has 0 spiro atoms. The first-order valence-corrected chi connectivity index (χ1v) is 17.7. The SMILES string of the molecule is N#Cc1ccc(-n2c3ccccc3c3ccccc32)c(-c2cc(-c3cc(C#N)ccc3-n3c4ccccc4c4ccccc43)nc(-c3ccccc3)n2)c1. The van der Waals surface area contributed by atoms with Crippen molar-refractivity contribution in [2.45, 2.75) is 0 Å². The molecule has 0 atom stereocenters. The molecule has 0 saturated heterocycles. The van der Waals surface area contributed by atoms with Crippen LogP contribution in [0.5, 0.6) is 0 Å². The molecule has 6 heteroatoms. The topological polar surface area (TPSA) is 83.2 Å². The number of nitriles is 2. The molecule has 10 aromatic rings. The second-order valence-corrected chi connectivity index (χ2v) is 13.3. The Morgan fingerprint density at radius 1 is 0.389 bits per heavy atom. The van der Waals surface area contributed by atoms with E-state index in [0.717, 1.165) is 71.7 Å². The van der Waals surface area contributed by atoms with E-state index in [1.54, 1.807) is 0 Å². The van der Waals surface area contributed by atoms with E-state index >= 15 is 0 Å². The average Bonchev–Trinajstić information content (AvgIpc) is 3.76. The number of benzene rings is 7. The highest BCUT2D eigenvalue weighted by Crippen LogP contribution is 2.40. The smallest absolute Gasteiger partial charge is 0.160 e. The number of nitrogens with zero attached hydrogens (tertiary/aromatic N) is 6. The Morgan fingerprint density at radius 3 is 1.15 bits per heavy atom. The van der Waals surface area contributed by atoms with E-state index in [-0.39, 0.29) is 0 Å². The fourth-order valence-electron chi connectivity index (χ4n) is 7.82. The van der Waals surface area contributed by atoms with Crippen LogP contribution in [0.15, 0.2) is 170 Å². The van der Waals surface area contributed by atoms with Gasteiger partial charge in [0, 0.05) is 38.2 Å². The zero-order chi connectivity index (χ0) is 36.2. The van der Waals surface area contributed by atoms with E-state index in [1.165, 1.54) is 0 Å². The third-order valence-corrected chi connectivity index (χ3v) is 10.2. The Labute approximate surface area is 310 Å². The molecule has 3 heterocycles. The number of aromatic nitrogens is 4. The van der Waals surface area contributed by atoms with Crippen molar-refractivity contribution in [1.82, 2.24) is 19.1 Å². The van der Waals surface area contributed by atoms with E-state index in [2.05, 4.69) is 118 Å². The molecule has 7 aromatic carbocycles. The van der Waals surface area contributed by atoms with Gasteiger partial charge in [0.15, 0.2) is 5.82 Å². The molecule has 54 heavy (non-hydrogen) atoms. The van der Waals surface area contributed by atoms with E-state index in [0.29, 0.717) is 28.3 Å². The van der Waals surface area contributed by atoms with Gasteiger partial charge in [0.2, 0.25) is 0 Å². The lowest BCUT2D eigenvalue weighted by Gasteiger charge is -2.17. The first-order chi connectivity index (χ1) is 26.7. The van der Waals surface area contributed by atoms with Crippen molar-refractivity contribution in [3.63, 3.8) is 0 Å². The van der Waals surface area contributed by atoms with Gasteiger partial charge < -0.3 is 9.13 Å². The summed E-state index contributed by atoms with van der Waals surface area (Å²) < 4.78 is 4.51. The fraction of sp³-hybridized carbons (Fsp3) is 0. The van der Waals surface area contributed by atoms with Crippen LogP contribution >= 0.6 is 0 Å². The minimum atomic E-state index is 0.522. The van der Waals surface area contributed by atoms with Crippen molar-refractivity contribution in [2.24, 2.45) is 0 Å². The van der Waals surface area contributed by atoms with Gasteiger partial charge in [-0.1, -0.05) is 103 Å². The van der Waals surface area contributed by atoms with Crippen molar-refractivity contribution in [3.05, 3.63) is 181 Å². The van der Waals surface area contributed by atoms with Crippen LogP contribution in [-0.4, -0.2) is 19.1 Å². The van der Waals surface area contributed by atoms with Gasteiger partial charge in [-0.15, -0.1) is 0 Å². The maximum Gasteiger partial charge on any atom is 0.160 e. The summed E-state index contributed by atoms with van der Waals surface area (Å²) in [6, 6.07) is 61.8. The molecule has 0 aliphatic rings. The molecule has 0 bridgehead atoms. The van der Waals surface area contributed by atoms with E-state index < -0.39 is 0 Å². The summed E-state index contributed by atoms with van der Waals surface area (Å²) >= 11 is 0. The molecular weight excluding hydrogens is 661 g/mol. The summed E-state index contributed by atoms with van der Waals surface area (Å²) in [5, 5.41) is 24.9. The predicted octanol–water partition coefficient (Wildman–Crippen LogP) is 11.4. The van der Waals surface area contributed by atoms with E-state index in [1.807, 2.05) is 72.8 Å². The highest BCUT2D eigenvalue weighted by atomic mass is 15.0. The second-order valence-electron chi connectivity index (χ2n) is 13.3. The molecule has 0 aliphatic carbocycles. The van der Waals surface area contributed by atoms with Gasteiger partial charge in [-0.3, -0.25) is 0 Å². The summed E-state index contributed by atoms with van der Waals surface area (Å²) in [4.78, 5) is 10.5. The molecule has 6 nitrogen and oxygen atoms in total. The van der Waals surface area contributed by atoms with Gasteiger partial charge in [-0.2, -0.15) is 10.5 Å². The predicted molar refractivity (Wildman–Crippen MR) is 216 cm³/mol. The van der Waals surface area contributed by atoms with Crippen LogP contribution in [0, 0.1) is 22.7 Å². The maximum absolute atomic E-state index is 10.2. The van der Waals surface area contributed by atoms with Crippen LogP contribution in [0.4, 0.5) is 0 Å². The van der Waals surface area contributed by atoms with Gasteiger partial charge in [-0.25, -0.2) is 9.97 Å². The molecule has 0 fully saturated rings. The molecular formula is C48H28N6. The highest BCUT2D eigenvalue weighted by molar-refractivity contribution is 6.11. The van der Waals surface area contributed by atoms with Crippen LogP contribution in [0.25, 0.3) is 88.9 Å². The standard InChI is InChI=1S/C48H28N6/c49-29-31-22-24-46(53-42-18-8-4-14-34(42)35-15-5-9-19-43(35)53)38(26-31)40-28-41(52-48(51-40)33-12-2-1-3-13-33)39-27-32(30-50)23-25-47(39)54-44-20-10-6-16-36(44)37-17-7-11-21-45(37)54/h1-28H. The van der Waals surface area contributed by atoms with E-state index in [9.17, 15) is 10.5 Å². The largest absolute Gasteiger partial charge is 0.309 e. The Balaban J connectivity index is 1.30. The molecule has 250 valence electrons. The van der Waals surface area contributed by atoms with Gasteiger partial charge in [0.05, 0.1) is 68.1 Å². The number of para-hydroxylation sites is 4.